The number of rotatable bonds is 10. The highest BCUT2D eigenvalue weighted by Crippen LogP contribution is 2.27. The fraction of sp³-hybridized carbons (Fsp3) is 0.480. The third-order valence-corrected chi connectivity index (χ3v) is 5.99. The van der Waals surface area contributed by atoms with E-state index in [0.29, 0.717) is 35.8 Å². The summed E-state index contributed by atoms with van der Waals surface area (Å²) in [5, 5.41) is 0. The van der Waals surface area contributed by atoms with Gasteiger partial charge in [0.25, 0.3) is 0 Å². The zero-order valence-corrected chi connectivity index (χ0v) is 17.7. The van der Waals surface area contributed by atoms with Gasteiger partial charge in [-0.25, -0.2) is 0 Å². The second-order valence-electron chi connectivity index (χ2n) is 8.12. The molecule has 5 nitrogen and oxygen atoms in total. The van der Waals surface area contributed by atoms with Gasteiger partial charge < -0.3 is 9.47 Å². The Balaban J connectivity index is 1.41. The molecule has 0 radical (unpaired) electrons. The minimum Gasteiger partial charge on any atom is -0.491 e. The fourth-order valence-corrected chi connectivity index (χ4v) is 4.29. The number of ketones is 1. The number of ether oxygens (including phenoxy) is 2. The highest BCUT2D eigenvalue weighted by Gasteiger charge is 2.19. The number of carbonyl (C=O) groups excluding carboxylic acids is 1. The average molecular weight is 409 g/mol. The molecule has 30 heavy (non-hydrogen) atoms. The van der Waals surface area contributed by atoms with Gasteiger partial charge in [0.05, 0.1) is 11.1 Å². The third kappa shape index (κ3) is 5.41. The van der Waals surface area contributed by atoms with E-state index in [1.165, 1.54) is 25.7 Å². The zero-order valence-electron chi connectivity index (χ0n) is 17.7. The van der Waals surface area contributed by atoms with E-state index in [9.17, 15) is 4.79 Å². The Morgan fingerprint density at radius 1 is 0.667 bits per heavy atom. The number of likely N-dealkylation sites (tertiary alicyclic amines) is 2. The van der Waals surface area contributed by atoms with Gasteiger partial charge in [-0.2, -0.15) is 0 Å². The number of carbonyl (C=O) groups is 1. The van der Waals surface area contributed by atoms with Gasteiger partial charge in [0.2, 0.25) is 0 Å². The number of para-hydroxylation sites is 2. The van der Waals surface area contributed by atoms with Crippen molar-refractivity contribution in [2.24, 2.45) is 0 Å². The normalized spacial score (nSPS) is 17.3. The molecule has 0 atom stereocenters. The summed E-state index contributed by atoms with van der Waals surface area (Å²) >= 11 is 0. The van der Waals surface area contributed by atoms with Gasteiger partial charge in [-0.3, -0.25) is 14.6 Å². The summed E-state index contributed by atoms with van der Waals surface area (Å²) in [6, 6.07) is 15.1. The molecule has 0 unspecified atom stereocenters. The molecule has 0 aromatic heterocycles. The van der Waals surface area contributed by atoms with Crippen LogP contribution in [0.25, 0.3) is 0 Å². The van der Waals surface area contributed by atoms with Crippen LogP contribution in [0, 0.1) is 0 Å². The van der Waals surface area contributed by atoms with Gasteiger partial charge in [-0.1, -0.05) is 24.3 Å². The molecule has 2 aliphatic heterocycles. The molecule has 2 aliphatic rings. The SMILES string of the molecule is O=C(c1ccccc1OCCN1CCCC1)c1ccccc1OCCN1CCCC1. The van der Waals surface area contributed by atoms with Crippen molar-refractivity contribution in [2.75, 3.05) is 52.5 Å². The predicted molar refractivity (Wildman–Crippen MR) is 119 cm³/mol. The van der Waals surface area contributed by atoms with Crippen molar-refractivity contribution < 1.29 is 14.3 Å². The van der Waals surface area contributed by atoms with Crippen molar-refractivity contribution in [3.63, 3.8) is 0 Å². The molecule has 2 fully saturated rings. The summed E-state index contributed by atoms with van der Waals surface area (Å²) in [6.07, 6.45) is 5.07. The molecule has 2 saturated heterocycles. The molecule has 2 heterocycles. The van der Waals surface area contributed by atoms with Gasteiger partial charge in [0, 0.05) is 13.1 Å². The summed E-state index contributed by atoms with van der Waals surface area (Å²) in [4.78, 5) is 18.2. The van der Waals surface area contributed by atoms with Crippen molar-refractivity contribution in [1.82, 2.24) is 9.80 Å². The van der Waals surface area contributed by atoms with Crippen LogP contribution in [0.4, 0.5) is 0 Å². The Morgan fingerprint density at radius 3 is 1.50 bits per heavy atom. The lowest BCUT2D eigenvalue weighted by atomic mass is 10.0. The number of nitrogens with zero attached hydrogens (tertiary/aromatic N) is 2. The van der Waals surface area contributed by atoms with E-state index in [2.05, 4.69) is 9.80 Å². The van der Waals surface area contributed by atoms with Gasteiger partial charge in [0.1, 0.15) is 24.7 Å². The van der Waals surface area contributed by atoms with E-state index < -0.39 is 0 Å². The lowest BCUT2D eigenvalue weighted by Crippen LogP contribution is -2.25. The molecule has 0 N–H and O–H groups in total. The van der Waals surface area contributed by atoms with Gasteiger partial charge >= 0.3 is 0 Å². The van der Waals surface area contributed by atoms with Crippen LogP contribution in [-0.2, 0) is 0 Å². The van der Waals surface area contributed by atoms with Crippen molar-refractivity contribution in [2.45, 2.75) is 25.7 Å². The molecule has 0 aliphatic carbocycles. The highest BCUT2D eigenvalue weighted by molar-refractivity contribution is 6.12. The van der Waals surface area contributed by atoms with Gasteiger partial charge in [-0.05, 0) is 76.1 Å². The number of hydrogen-bond acceptors (Lipinski definition) is 5. The summed E-state index contributed by atoms with van der Waals surface area (Å²) in [6.45, 7) is 7.57. The van der Waals surface area contributed by atoms with Crippen LogP contribution in [0.2, 0.25) is 0 Å². The Labute approximate surface area is 179 Å². The van der Waals surface area contributed by atoms with Crippen molar-refractivity contribution >= 4 is 5.78 Å². The highest BCUT2D eigenvalue weighted by atomic mass is 16.5. The van der Waals surface area contributed by atoms with E-state index in [0.717, 1.165) is 39.3 Å². The Bertz CT molecular complexity index is 759. The Morgan fingerprint density at radius 2 is 1.07 bits per heavy atom. The van der Waals surface area contributed by atoms with Crippen LogP contribution in [0.3, 0.4) is 0 Å². The fourth-order valence-electron chi connectivity index (χ4n) is 4.29. The maximum atomic E-state index is 13.3. The minimum absolute atomic E-state index is 0.0523. The van der Waals surface area contributed by atoms with Crippen LogP contribution in [0.15, 0.2) is 48.5 Å². The number of benzene rings is 2. The first-order valence-electron chi connectivity index (χ1n) is 11.2. The van der Waals surface area contributed by atoms with Gasteiger partial charge in [0.15, 0.2) is 5.78 Å². The molecule has 2 aromatic carbocycles. The average Bonchev–Trinajstić information content (AvgIpc) is 3.48. The lowest BCUT2D eigenvalue weighted by Gasteiger charge is -2.18. The maximum absolute atomic E-state index is 13.3. The first-order valence-corrected chi connectivity index (χ1v) is 11.2. The van der Waals surface area contributed by atoms with Crippen LogP contribution in [0.5, 0.6) is 11.5 Å². The van der Waals surface area contributed by atoms with E-state index in [1.807, 2.05) is 48.5 Å². The first kappa shape index (κ1) is 20.9. The smallest absolute Gasteiger partial charge is 0.200 e. The van der Waals surface area contributed by atoms with Crippen LogP contribution < -0.4 is 9.47 Å². The topological polar surface area (TPSA) is 42.0 Å². The van der Waals surface area contributed by atoms with Crippen molar-refractivity contribution in [3.8, 4) is 11.5 Å². The van der Waals surface area contributed by atoms with Crippen LogP contribution in [-0.4, -0.2) is 68.1 Å². The third-order valence-electron chi connectivity index (χ3n) is 5.99. The largest absolute Gasteiger partial charge is 0.491 e. The molecule has 5 heteroatoms. The first-order chi connectivity index (χ1) is 14.8. The number of hydrogen-bond donors (Lipinski definition) is 0. The molecular weight excluding hydrogens is 376 g/mol. The molecule has 4 rings (SSSR count). The Hall–Kier alpha value is -2.37. The van der Waals surface area contributed by atoms with Gasteiger partial charge in [-0.15, -0.1) is 0 Å². The second-order valence-corrected chi connectivity index (χ2v) is 8.12. The summed E-state index contributed by atoms with van der Waals surface area (Å²) in [7, 11) is 0. The molecular formula is C25H32N2O3. The molecule has 0 spiro atoms. The predicted octanol–water partition coefficient (Wildman–Crippen LogP) is 3.87. The van der Waals surface area contributed by atoms with E-state index in [-0.39, 0.29) is 5.78 Å². The van der Waals surface area contributed by atoms with Crippen LogP contribution >= 0.6 is 0 Å². The molecule has 0 saturated carbocycles. The van der Waals surface area contributed by atoms with E-state index in [1.54, 1.807) is 0 Å². The monoisotopic (exact) mass is 408 g/mol. The summed E-state index contributed by atoms with van der Waals surface area (Å²) in [5.41, 5.74) is 1.18. The lowest BCUT2D eigenvalue weighted by molar-refractivity contribution is 0.103. The summed E-state index contributed by atoms with van der Waals surface area (Å²) < 4.78 is 12.0. The zero-order chi connectivity index (χ0) is 20.6. The van der Waals surface area contributed by atoms with Crippen molar-refractivity contribution in [1.29, 1.82) is 0 Å². The second kappa shape index (κ2) is 10.6. The quantitative estimate of drug-likeness (QED) is 0.559. The Kier molecular flexibility index (Phi) is 7.38. The molecule has 0 bridgehead atoms. The van der Waals surface area contributed by atoms with Crippen molar-refractivity contribution in [3.05, 3.63) is 59.7 Å². The maximum Gasteiger partial charge on any atom is 0.200 e. The molecule has 0 amide bonds. The van der Waals surface area contributed by atoms with Crippen LogP contribution in [0.1, 0.15) is 41.6 Å². The minimum atomic E-state index is -0.0523. The molecule has 160 valence electrons. The van der Waals surface area contributed by atoms with E-state index >= 15 is 0 Å². The standard InChI is InChI=1S/C25H32N2O3/c28-25(21-9-1-3-11-23(21)29-19-17-26-13-5-6-14-26)22-10-2-4-12-24(22)30-20-18-27-15-7-8-16-27/h1-4,9-12H,5-8,13-20H2. The summed E-state index contributed by atoms with van der Waals surface area (Å²) in [5.74, 6) is 1.24. The molecule has 2 aromatic rings. The van der Waals surface area contributed by atoms with E-state index in [4.69, 9.17) is 9.47 Å².